The zero-order valence-corrected chi connectivity index (χ0v) is 15.4. The van der Waals surface area contributed by atoms with Gasteiger partial charge in [-0.15, -0.1) is 11.8 Å². The second-order valence-corrected chi connectivity index (χ2v) is 7.74. The van der Waals surface area contributed by atoms with E-state index in [1.807, 2.05) is 48.5 Å². The summed E-state index contributed by atoms with van der Waals surface area (Å²) in [6.45, 7) is 0. The number of nitrogens with one attached hydrogen (secondary N) is 1. The van der Waals surface area contributed by atoms with Gasteiger partial charge in [0.15, 0.2) is 0 Å². The molecule has 3 rings (SSSR count). The van der Waals surface area contributed by atoms with Crippen LogP contribution in [-0.4, -0.2) is 28.8 Å². The van der Waals surface area contributed by atoms with E-state index in [9.17, 15) is 9.59 Å². The molecule has 0 fully saturated rings. The van der Waals surface area contributed by atoms with Crippen molar-refractivity contribution < 1.29 is 14.7 Å². The van der Waals surface area contributed by atoms with Crippen LogP contribution < -0.4 is 5.32 Å². The van der Waals surface area contributed by atoms with Crippen molar-refractivity contribution in [1.29, 1.82) is 0 Å². The number of carbonyl (C=O) groups excluding carboxylic acids is 1. The third-order valence-electron chi connectivity index (χ3n) is 4.61. The second kappa shape index (κ2) is 8.90. The predicted molar refractivity (Wildman–Crippen MR) is 104 cm³/mol. The third kappa shape index (κ3) is 4.88. The largest absolute Gasteiger partial charge is 0.481 e. The van der Waals surface area contributed by atoms with Gasteiger partial charge in [-0.3, -0.25) is 9.59 Å². The van der Waals surface area contributed by atoms with Crippen molar-refractivity contribution in [2.24, 2.45) is 0 Å². The van der Waals surface area contributed by atoms with E-state index in [0.717, 1.165) is 23.3 Å². The number of rotatable bonds is 7. The van der Waals surface area contributed by atoms with E-state index >= 15 is 0 Å². The molecule has 26 heavy (non-hydrogen) atoms. The monoisotopic (exact) mass is 369 g/mol. The number of hydrogen-bond donors (Lipinski definition) is 2. The molecule has 2 N–H and O–H groups in total. The Balaban J connectivity index is 1.71. The number of thioether (sulfide) groups is 1. The van der Waals surface area contributed by atoms with Crippen molar-refractivity contribution in [2.45, 2.75) is 37.0 Å². The Labute approximate surface area is 158 Å². The van der Waals surface area contributed by atoms with Gasteiger partial charge in [-0.2, -0.15) is 0 Å². The van der Waals surface area contributed by atoms with Gasteiger partial charge in [-0.25, -0.2) is 0 Å². The smallest absolute Gasteiger partial charge is 0.303 e. The Kier molecular flexibility index (Phi) is 6.34. The minimum atomic E-state index is -0.838. The average molecular weight is 369 g/mol. The van der Waals surface area contributed by atoms with Crippen molar-refractivity contribution in [3.8, 4) is 0 Å². The van der Waals surface area contributed by atoms with Crippen molar-refractivity contribution in [3.05, 3.63) is 71.3 Å². The first-order valence-electron chi connectivity index (χ1n) is 8.89. The summed E-state index contributed by atoms with van der Waals surface area (Å²) < 4.78 is 0. The lowest BCUT2D eigenvalue weighted by Crippen LogP contribution is -2.40. The highest BCUT2D eigenvalue weighted by Gasteiger charge is 2.28. The van der Waals surface area contributed by atoms with Crippen LogP contribution in [0.1, 0.15) is 34.8 Å². The summed E-state index contributed by atoms with van der Waals surface area (Å²) >= 11 is 1.66. The van der Waals surface area contributed by atoms with E-state index in [-0.39, 0.29) is 23.6 Å². The zero-order valence-electron chi connectivity index (χ0n) is 14.6. The number of amides is 1. The molecule has 0 saturated carbocycles. The van der Waals surface area contributed by atoms with E-state index < -0.39 is 5.97 Å². The Hall–Kier alpha value is -2.27. The van der Waals surface area contributed by atoms with E-state index in [2.05, 4.69) is 11.4 Å². The molecule has 2 unspecified atom stereocenters. The number of fused-ring (bicyclic) bond motifs is 1. The van der Waals surface area contributed by atoms with E-state index in [4.69, 9.17) is 5.11 Å². The molecule has 0 aliphatic carbocycles. The van der Waals surface area contributed by atoms with Crippen LogP contribution in [0.15, 0.2) is 54.6 Å². The van der Waals surface area contributed by atoms with Crippen LogP contribution in [-0.2, 0) is 22.4 Å². The molecule has 5 heteroatoms. The number of aryl methyl sites for hydroxylation is 1. The van der Waals surface area contributed by atoms with Gasteiger partial charge in [-0.05, 0) is 41.7 Å². The fraction of sp³-hybridized carbons (Fsp3) is 0.333. The topological polar surface area (TPSA) is 66.4 Å². The van der Waals surface area contributed by atoms with Crippen LogP contribution in [0.2, 0.25) is 0 Å². The maximum atomic E-state index is 12.9. The van der Waals surface area contributed by atoms with Crippen LogP contribution >= 0.6 is 11.8 Å². The van der Waals surface area contributed by atoms with Gasteiger partial charge in [-0.1, -0.05) is 54.6 Å². The first-order valence-corrected chi connectivity index (χ1v) is 9.94. The van der Waals surface area contributed by atoms with Crippen molar-refractivity contribution in [3.63, 3.8) is 0 Å². The van der Waals surface area contributed by atoms with Crippen LogP contribution in [0.25, 0.3) is 0 Å². The van der Waals surface area contributed by atoms with Gasteiger partial charge in [0.05, 0.1) is 0 Å². The summed E-state index contributed by atoms with van der Waals surface area (Å²) in [6.07, 6.45) is 2.09. The summed E-state index contributed by atoms with van der Waals surface area (Å²) in [5, 5.41) is 11.9. The lowest BCUT2D eigenvalue weighted by molar-refractivity contribution is -0.137. The van der Waals surface area contributed by atoms with Crippen LogP contribution in [0.5, 0.6) is 0 Å². The van der Waals surface area contributed by atoms with Gasteiger partial charge in [0.25, 0.3) is 0 Å². The molecule has 0 bridgehead atoms. The predicted octanol–water partition coefficient (Wildman–Crippen LogP) is 3.61. The number of carbonyl (C=O) groups is 2. The summed E-state index contributed by atoms with van der Waals surface area (Å²) in [7, 11) is 0. The molecule has 1 aliphatic rings. The Morgan fingerprint density at radius 3 is 2.62 bits per heavy atom. The van der Waals surface area contributed by atoms with Gasteiger partial charge < -0.3 is 10.4 Å². The summed E-state index contributed by atoms with van der Waals surface area (Å²) in [4.78, 5) is 23.9. The number of carboxylic acid groups (broad SMARTS) is 1. The van der Waals surface area contributed by atoms with E-state index in [0.29, 0.717) is 12.8 Å². The average Bonchev–Trinajstić information content (AvgIpc) is 2.66. The highest BCUT2D eigenvalue weighted by Crippen LogP contribution is 2.36. The lowest BCUT2D eigenvalue weighted by Gasteiger charge is -2.27. The summed E-state index contributed by atoms with van der Waals surface area (Å²) in [6, 6.07) is 17.8. The Morgan fingerprint density at radius 1 is 1.12 bits per heavy atom. The van der Waals surface area contributed by atoms with Gasteiger partial charge in [0.1, 0.15) is 5.25 Å². The highest BCUT2D eigenvalue weighted by atomic mass is 32.2. The van der Waals surface area contributed by atoms with Crippen LogP contribution in [0.3, 0.4) is 0 Å². The number of hydrogen-bond acceptors (Lipinski definition) is 3. The molecule has 0 spiro atoms. The standard InChI is InChI=1S/C21H23NO3S/c23-19(24)11-10-17(14-15-6-2-1-3-7-15)22-21(25)20-18-9-5-4-8-16(18)12-13-26-20/h1-9,17,20H,10-14H2,(H,22,25)(H,23,24). The number of aliphatic carboxylic acids is 1. The molecule has 0 saturated heterocycles. The van der Waals surface area contributed by atoms with Crippen LogP contribution in [0.4, 0.5) is 0 Å². The van der Waals surface area contributed by atoms with Gasteiger partial charge >= 0.3 is 5.97 Å². The number of benzene rings is 2. The lowest BCUT2D eigenvalue weighted by atomic mass is 9.99. The molecular formula is C21H23NO3S. The molecule has 0 aromatic heterocycles. The third-order valence-corrected chi connectivity index (χ3v) is 5.85. The van der Waals surface area contributed by atoms with Crippen LogP contribution in [0, 0.1) is 0 Å². The molecule has 2 atom stereocenters. The Bertz CT molecular complexity index is 763. The quantitative estimate of drug-likeness (QED) is 0.782. The summed E-state index contributed by atoms with van der Waals surface area (Å²) in [5.74, 6) is 0.0660. The van der Waals surface area contributed by atoms with Crippen molar-refractivity contribution in [1.82, 2.24) is 5.32 Å². The highest BCUT2D eigenvalue weighted by molar-refractivity contribution is 8.00. The molecule has 4 nitrogen and oxygen atoms in total. The van der Waals surface area contributed by atoms with E-state index in [1.54, 1.807) is 11.8 Å². The maximum absolute atomic E-state index is 12.9. The Morgan fingerprint density at radius 2 is 1.85 bits per heavy atom. The zero-order chi connectivity index (χ0) is 18.4. The fourth-order valence-corrected chi connectivity index (χ4v) is 4.51. The number of carboxylic acids is 1. The molecule has 1 heterocycles. The van der Waals surface area contributed by atoms with Gasteiger partial charge in [0.2, 0.25) is 5.91 Å². The van der Waals surface area contributed by atoms with Crippen molar-refractivity contribution in [2.75, 3.05) is 5.75 Å². The molecular weight excluding hydrogens is 346 g/mol. The SMILES string of the molecule is O=C(O)CCC(Cc1ccccc1)NC(=O)C1SCCc2ccccc21. The van der Waals surface area contributed by atoms with Gasteiger partial charge in [0, 0.05) is 12.5 Å². The second-order valence-electron chi connectivity index (χ2n) is 6.53. The summed E-state index contributed by atoms with van der Waals surface area (Å²) in [5.41, 5.74) is 3.41. The molecule has 136 valence electrons. The molecule has 1 amide bonds. The molecule has 1 aliphatic heterocycles. The normalized spacial score (nSPS) is 17.2. The minimum Gasteiger partial charge on any atom is -0.481 e. The first kappa shape index (κ1) is 18.5. The van der Waals surface area contributed by atoms with E-state index in [1.165, 1.54) is 5.56 Å². The maximum Gasteiger partial charge on any atom is 0.303 e. The molecule has 2 aromatic carbocycles. The minimum absolute atomic E-state index is 0.0199. The molecule has 0 radical (unpaired) electrons. The van der Waals surface area contributed by atoms with Crippen molar-refractivity contribution >= 4 is 23.6 Å². The molecule has 2 aromatic rings. The fourth-order valence-electron chi connectivity index (χ4n) is 3.31. The first-order chi connectivity index (χ1) is 12.6.